The molecule has 1 heterocycles. The van der Waals surface area contributed by atoms with Gasteiger partial charge in [-0.25, -0.2) is 0 Å². The average Bonchev–Trinajstić information content (AvgIpc) is 2.70. The molecular weight excluding hydrogens is 382 g/mol. The van der Waals surface area contributed by atoms with Crippen molar-refractivity contribution in [3.05, 3.63) is 76.1 Å². The molecule has 152 valence electrons. The highest BCUT2D eigenvalue weighted by atomic mass is 28.3. The van der Waals surface area contributed by atoms with Crippen LogP contribution in [-0.4, -0.2) is 27.6 Å². The first kappa shape index (κ1) is 21.0. The molecule has 0 saturated heterocycles. The smallest absolute Gasteiger partial charge is 0.293 e. The minimum absolute atomic E-state index is 0.0231. The van der Waals surface area contributed by atoms with Crippen molar-refractivity contribution in [2.45, 2.75) is 32.3 Å². The summed E-state index contributed by atoms with van der Waals surface area (Å²) in [6.45, 7) is 8.32. The maximum Gasteiger partial charge on any atom is 0.293 e. The highest BCUT2D eigenvalue weighted by molar-refractivity contribution is 6.76. The lowest BCUT2D eigenvalue weighted by Gasteiger charge is -2.18. The van der Waals surface area contributed by atoms with Crippen molar-refractivity contribution in [1.29, 1.82) is 0 Å². The van der Waals surface area contributed by atoms with Crippen LogP contribution in [0.25, 0.3) is 11.0 Å². The number of rotatable bonds is 7. The van der Waals surface area contributed by atoms with Crippen molar-refractivity contribution in [3.63, 3.8) is 0 Å². The zero-order valence-electron chi connectivity index (χ0n) is 17.4. The van der Waals surface area contributed by atoms with Gasteiger partial charge >= 0.3 is 0 Å². The highest BCUT2D eigenvalue weighted by Crippen LogP contribution is 2.19. The SMILES string of the molecule is CN(C(=O)c1cc(=O)c2ccccc2o1)c1ccc(COCC[Si](C)(C)C)cc1. The van der Waals surface area contributed by atoms with E-state index in [-0.39, 0.29) is 17.1 Å². The fraction of sp³-hybridized carbons (Fsp3) is 0.304. The van der Waals surface area contributed by atoms with E-state index < -0.39 is 8.07 Å². The molecule has 0 radical (unpaired) electrons. The van der Waals surface area contributed by atoms with Gasteiger partial charge in [0.1, 0.15) is 5.58 Å². The molecular formula is C23H27NO4Si. The van der Waals surface area contributed by atoms with E-state index in [4.69, 9.17) is 9.15 Å². The third kappa shape index (κ3) is 5.43. The number of hydrogen-bond acceptors (Lipinski definition) is 4. The molecule has 0 saturated carbocycles. The number of ether oxygens (including phenoxy) is 1. The van der Waals surface area contributed by atoms with E-state index in [2.05, 4.69) is 19.6 Å². The van der Waals surface area contributed by atoms with Crippen molar-refractivity contribution < 1.29 is 13.9 Å². The van der Waals surface area contributed by atoms with Crippen molar-refractivity contribution in [2.75, 3.05) is 18.6 Å². The quantitative estimate of drug-likeness (QED) is 0.410. The number of fused-ring (bicyclic) bond motifs is 1. The van der Waals surface area contributed by atoms with E-state index >= 15 is 0 Å². The van der Waals surface area contributed by atoms with Crippen LogP contribution in [0.3, 0.4) is 0 Å². The number of benzene rings is 2. The van der Waals surface area contributed by atoms with E-state index in [1.165, 1.54) is 11.0 Å². The van der Waals surface area contributed by atoms with Crippen LogP contribution in [0.1, 0.15) is 16.1 Å². The molecule has 1 amide bonds. The van der Waals surface area contributed by atoms with Crippen LogP contribution in [0.15, 0.2) is 63.8 Å². The van der Waals surface area contributed by atoms with Gasteiger partial charge in [-0.2, -0.15) is 0 Å². The Morgan fingerprint density at radius 2 is 1.76 bits per heavy atom. The number of amides is 1. The molecule has 0 unspecified atom stereocenters. The van der Waals surface area contributed by atoms with Crippen LogP contribution in [0.4, 0.5) is 5.69 Å². The minimum atomic E-state index is -1.09. The van der Waals surface area contributed by atoms with Crippen molar-refractivity contribution in [1.82, 2.24) is 0 Å². The summed E-state index contributed by atoms with van der Waals surface area (Å²) in [7, 11) is 0.578. The Kier molecular flexibility index (Phi) is 6.35. The van der Waals surface area contributed by atoms with E-state index in [1.54, 1.807) is 31.3 Å². The summed E-state index contributed by atoms with van der Waals surface area (Å²) in [6, 6.07) is 16.9. The zero-order chi connectivity index (χ0) is 21.0. The zero-order valence-corrected chi connectivity index (χ0v) is 18.4. The van der Waals surface area contributed by atoms with Crippen LogP contribution in [-0.2, 0) is 11.3 Å². The van der Waals surface area contributed by atoms with Gasteiger partial charge in [0.2, 0.25) is 0 Å². The summed E-state index contributed by atoms with van der Waals surface area (Å²) in [5.74, 6) is -0.345. The molecule has 0 N–H and O–H groups in total. The Hall–Kier alpha value is -2.70. The largest absolute Gasteiger partial charge is 0.451 e. The van der Waals surface area contributed by atoms with E-state index in [0.717, 1.165) is 23.9 Å². The molecule has 0 aliphatic carbocycles. The summed E-state index contributed by atoms with van der Waals surface area (Å²) < 4.78 is 11.4. The molecule has 0 spiro atoms. The normalized spacial score (nSPS) is 11.6. The molecule has 0 fully saturated rings. The van der Waals surface area contributed by atoms with Crippen LogP contribution >= 0.6 is 0 Å². The summed E-state index contributed by atoms with van der Waals surface area (Å²) in [6.07, 6.45) is 0. The van der Waals surface area contributed by atoms with Crippen LogP contribution in [0.5, 0.6) is 0 Å². The second-order valence-electron chi connectivity index (χ2n) is 8.36. The Balaban J connectivity index is 1.68. The Bertz CT molecular complexity index is 1050. The van der Waals surface area contributed by atoms with Crippen molar-refractivity contribution >= 4 is 30.6 Å². The fourth-order valence-electron chi connectivity index (χ4n) is 2.88. The molecule has 6 heteroatoms. The number of carbonyl (C=O) groups is 1. The standard InChI is InChI=1S/C23H27NO4Si/c1-24(18-11-9-17(10-12-18)16-27-13-14-29(2,3)4)23(26)22-15-20(25)19-7-5-6-8-21(19)28-22/h5-12,15H,13-14,16H2,1-4H3. The van der Waals surface area contributed by atoms with Gasteiger partial charge in [-0.05, 0) is 35.9 Å². The lowest BCUT2D eigenvalue weighted by atomic mass is 10.2. The fourth-order valence-corrected chi connectivity index (χ4v) is 3.63. The maximum atomic E-state index is 12.8. The third-order valence-corrected chi connectivity index (χ3v) is 6.44. The molecule has 29 heavy (non-hydrogen) atoms. The Morgan fingerprint density at radius 3 is 2.45 bits per heavy atom. The molecule has 0 atom stereocenters. The molecule has 5 nitrogen and oxygen atoms in total. The van der Waals surface area contributed by atoms with Crippen LogP contribution in [0, 0.1) is 0 Å². The number of nitrogens with zero attached hydrogens (tertiary/aromatic N) is 1. The first-order chi connectivity index (χ1) is 13.7. The summed E-state index contributed by atoms with van der Waals surface area (Å²) in [4.78, 5) is 26.5. The molecule has 2 aromatic carbocycles. The summed E-state index contributed by atoms with van der Waals surface area (Å²) >= 11 is 0. The molecule has 3 rings (SSSR count). The van der Waals surface area contributed by atoms with Crippen LogP contribution < -0.4 is 10.3 Å². The molecule has 0 aliphatic rings. The molecule has 3 aromatic rings. The van der Waals surface area contributed by atoms with Crippen molar-refractivity contribution in [3.8, 4) is 0 Å². The first-order valence-corrected chi connectivity index (χ1v) is 13.4. The van der Waals surface area contributed by atoms with Gasteiger partial charge in [0, 0.05) is 33.5 Å². The molecule has 1 aromatic heterocycles. The summed E-state index contributed by atoms with van der Waals surface area (Å²) in [5.41, 5.74) is 1.95. The van der Waals surface area contributed by atoms with Gasteiger partial charge in [0.15, 0.2) is 11.2 Å². The predicted molar refractivity (Wildman–Crippen MR) is 119 cm³/mol. The van der Waals surface area contributed by atoms with Gasteiger partial charge in [-0.1, -0.05) is 43.9 Å². The molecule has 0 aliphatic heterocycles. The third-order valence-electron chi connectivity index (χ3n) is 4.74. The lowest BCUT2D eigenvalue weighted by Crippen LogP contribution is -2.27. The number of hydrogen-bond donors (Lipinski definition) is 0. The van der Waals surface area contributed by atoms with E-state index in [9.17, 15) is 9.59 Å². The van der Waals surface area contributed by atoms with Gasteiger partial charge in [0.05, 0.1) is 12.0 Å². The van der Waals surface area contributed by atoms with E-state index in [1.807, 2.05) is 24.3 Å². The van der Waals surface area contributed by atoms with Gasteiger partial charge in [0.25, 0.3) is 5.91 Å². The number of anilines is 1. The predicted octanol–water partition coefficient (Wildman–Crippen LogP) is 4.92. The Labute approximate surface area is 171 Å². The second-order valence-corrected chi connectivity index (χ2v) is 14.0. The Morgan fingerprint density at radius 1 is 1.07 bits per heavy atom. The van der Waals surface area contributed by atoms with Gasteiger partial charge in [-0.3, -0.25) is 9.59 Å². The highest BCUT2D eigenvalue weighted by Gasteiger charge is 2.18. The number of carbonyl (C=O) groups excluding carboxylic acids is 1. The minimum Gasteiger partial charge on any atom is -0.451 e. The monoisotopic (exact) mass is 409 g/mol. The lowest BCUT2D eigenvalue weighted by molar-refractivity contribution is 0.0967. The van der Waals surface area contributed by atoms with Crippen molar-refractivity contribution in [2.24, 2.45) is 0 Å². The summed E-state index contributed by atoms with van der Waals surface area (Å²) in [5, 5.41) is 0.463. The van der Waals surface area contributed by atoms with Gasteiger partial charge in [-0.15, -0.1) is 0 Å². The number of para-hydroxylation sites is 1. The maximum absolute atomic E-state index is 12.8. The first-order valence-electron chi connectivity index (χ1n) is 9.72. The second kappa shape index (κ2) is 8.76. The average molecular weight is 410 g/mol. The molecule has 0 bridgehead atoms. The van der Waals surface area contributed by atoms with Gasteiger partial charge < -0.3 is 14.1 Å². The van der Waals surface area contributed by atoms with Crippen LogP contribution in [0.2, 0.25) is 25.7 Å². The topological polar surface area (TPSA) is 59.8 Å². The van der Waals surface area contributed by atoms with E-state index in [0.29, 0.717) is 17.6 Å².